The molecule has 0 unspecified atom stereocenters. The summed E-state index contributed by atoms with van der Waals surface area (Å²) in [7, 11) is -1.64. The van der Waals surface area contributed by atoms with Gasteiger partial charge in [0, 0.05) is 33.1 Å². The zero-order valence-corrected chi connectivity index (χ0v) is 16.1. The van der Waals surface area contributed by atoms with Crippen LogP contribution in [0, 0.1) is 5.92 Å². The molecular weight excluding hydrogens is 340 g/mol. The fraction of sp³-hybridized carbons (Fsp3) is 0.611. The van der Waals surface area contributed by atoms with E-state index in [0.717, 1.165) is 12.1 Å². The van der Waals surface area contributed by atoms with Crippen LogP contribution in [0.25, 0.3) is 0 Å². The standard InChI is InChI=1S/C18H28N2O4S/c1-15(2)14-19(3)18(21)9-6-16-4-7-17(8-5-16)25(22,23)20-10-12-24-13-11-20/h4-5,7-8,15H,6,9-14H2,1-3H3. The molecule has 7 heteroatoms. The molecule has 1 aliphatic heterocycles. The minimum absolute atomic E-state index is 0.110. The van der Waals surface area contributed by atoms with E-state index in [4.69, 9.17) is 4.74 Å². The van der Waals surface area contributed by atoms with Gasteiger partial charge in [0.15, 0.2) is 0 Å². The number of nitrogens with zero attached hydrogens (tertiary/aromatic N) is 2. The lowest BCUT2D eigenvalue weighted by Crippen LogP contribution is -2.40. The predicted octanol–water partition coefficient (Wildman–Crippen LogP) is 1.75. The Morgan fingerprint density at radius 3 is 2.36 bits per heavy atom. The lowest BCUT2D eigenvalue weighted by atomic mass is 10.1. The molecule has 0 atom stereocenters. The van der Waals surface area contributed by atoms with Crippen molar-refractivity contribution >= 4 is 15.9 Å². The van der Waals surface area contributed by atoms with Gasteiger partial charge in [-0.1, -0.05) is 26.0 Å². The SMILES string of the molecule is CC(C)CN(C)C(=O)CCc1ccc(S(=O)(=O)N2CCOCC2)cc1. The van der Waals surface area contributed by atoms with Gasteiger partial charge in [0.2, 0.25) is 15.9 Å². The van der Waals surface area contributed by atoms with E-state index in [-0.39, 0.29) is 5.91 Å². The number of carbonyl (C=O) groups is 1. The van der Waals surface area contributed by atoms with E-state index in [1.165, 1.54) is 4.31 Å². The van der Waals surface area contributed by atoms with Gasteiger partial charge in [-0.15, -0.1) is 0 Å². The van der Waals surface area contributed by atoms with Gasteiger partial charge in [0.25, 0.3) is 0 Å². The molecule has 1 heterocycles. The average Bonchev–Trinajstić information content (AvgIpc) is 2.60. The Hall–Kier alpha value is -1.44. The van der Waals surface area contributed by atoms with Gasteiger partial charge in [0.05, 0.1) is 18.1 Å². The number of benzene rings is 1. The Morgan fingerprint density at radius 1 is 1.20 bits per heavy atom. The molecule has 0 spiro atoms. The monoisotopic (exact) mass is 368 g/mol. The van der Waals surface area contributed by atoms with E-state index in [2.05, 4.69) is 13.8 Å². The number of amides is 1. The van der Waals surface area contributed by atoms with E-state index in [9.17, 15) is 13.2 Å². The van der Waals surface area contributed by atoms with Crippen molar-refractivity contribution in [2.45, 2.75) is 31.6 Å². The molecule has 1 aromatic carbocycles. The molecule has 1 amide bonds. The Kier molecular flexibility index (Phi) is 6.98. The smallest absolute Gasteiger partial charge is 0.243 e. The van der Waals surface area contributed by atoms with Crippen LogP contribution in [0.2, 0.25) is 0 Å². The van der Waals surface area contributed by atoms with Crippen LogP contribution < -0.4 is 0 Å². The molecule has 2 rings (SSSR count). The van der Waals surface area contributed by atoms with Gasteiger partial charge in [-0.3, -0.25) is 4.79 Å². The van der Waals surface area contributed by atoms with Crippen LogP contribution >= 0.6 is 0 Å². The molecule has 1 fully saturated rings. The van der Waals surface area contributed by atoms with Crippen molar-refractivity contribution in [2.24, 2.45) is 5.92 Å². The zero-order chi connectivity index (χ0) is 18.4. The maximum absolute atomic E-state index is 12.6. The molecule has 0 bridgehead atoms. The van der Waals surface area contributed by atoms with Crippen LogP contribution in [-0.4, -0.2) is 63.4 Å². The largest absolute Gasteiger partial charge is 0.379 e. The molecule has 0 N–H and O–H groups in total. The summed E-state index contributed by atoms with van der Waals surface area (Å²) in [4.78, 5) is 14.1. The normalized spacial score (nSPS) is 16.2. The third-order valence-electron chi connectivity index (χ3n) is 4.22. The Morgan fingerprint density at radius 2 is 1.80 bits per heavy atom. The van der Waals surface area contributed by atoms with E-state index in [1.54, 1.807) is 29.2 Å². The number of sulfonamides is 1. The molecule has 6 nitrogen and oxygen atoms in total. The highest BCUT2D eigenvalue weighted by molar-refractivity contribution is 7.89. The van der Waals surface area contributed by atoms with Crippen molar-refractivity contribution in [2.75, 3.05) is 39.9 Å². The summed E-state index contributed by atoms with van der Waals surface area (Å²) in [5.74, 6) is 0.553. The minimum atomic E-state index is -3.46. The van der Waals surface area contributed by atoms with Crippen molar-refractivity contribution in [3.63, 3.8) is 0 Å². The highest BCUT2D eigenvalue weighted by Crippen LogP contribution is 2.18. The first kappa shape index (κ1) is 19.9. The second-order valence-electron chi connectivity index (χ2n) is 6.83. The molecule has 0 radical (unpaired) electrons. The highest BCUT2D eigenvalue weighted by atomic mass is 32.2. The van der Waals surface area contributed by atoms with Crippen molar-refractivity contribution in [3.05, 3.63) is 29.8 Å². The van der Waals surface area contributed by atoms with E-state index < -0.39 is 10.0 Å². The molecule has 1 aromatic rings. The maximum Gasteiger partial charge on any atom is 0.243 e. The van der Waals surface area contributed by atoms with Crippen LogP contribution in [0.4, 0.5) is 0 Å². The lowest BCUT2D eigenvalue weighted by Gasteiger charge is -2.26. The van der Waals surface area contributed by atoms with Crippen molar-refractivity contribution in [1.29, 1.82) is 0 Å². The fourth-order valence-corrected chi connectivity index (χ4v) is 4.26. The molecule has 1 saturated heterocycles. The fourth-order valence-electron chi connectivity index (χ4n) is 2.86. The van der Waals surface area contributed by atoms with Crippen LogP contribution in [0.1, 0.15) is 25.8 Å². The first-order valence-electron chi connectivity index (χ1n) is 8.71. The number of aryl methyl sites for hydroxylation is 1. The minimum Gasteiger partial charge on any atom is -0.379 e. The first-order valence-corrected chi connectivity index (χ1v) is 10.2. The van der Waals surface area contributed by atoms with Crippen molar-refractivity contribution in [1.82, 2.24) is 9.21 Å². The molecule has 0 aromatic heterocycles. The van der Waals surface area contributed by atoms with Crippen LogP contribution in [0.3, 0.4) is 0 Å². The highest BCUT2D eigenvalue weighted by Gasteiger charge is 2.26. The quantitative estimate of drug-likeness (QED) is 0.735. The topological polar surface area (TPSA) is 66.9 Å². The van der Waals surface area contributed by atoms with E-state index in [0.29, 0.717) is 50.0 Å². The van der Waals surface area contributed by atoms with Gasteiger partial charge in [-0.25, -0.2) is 8.42 Å². The number of hydrogen-bond donors (Lipinski definition) is 0. The molecular formula is C18H28N2O4S. The third-order valence-corrected chi connectivity index (χ3v) is 6.14. The molecule has 0 saturated carbocycles. The summed E-state index contributed by atoms with van der Waals surface area (Å²) in [5, 5.41) is 0. The summed E-state index contributed by atoms with van der Waals surface area (Å²) in [6.45, 7) is 6.55. The average molecular weight is 368 g/mol. The van der Waals surface area contributed by atoms with Crippen LogP contribution in [-0.2, 0) is 26.0 Å². The predicted molar refractivity (Wildman–Crippen MR) is 96.8 cm³/mol. The molecule has 0 aliphatic carbocycles. The molecule has 25 heavy (non-hydrogen) atoms. The summed E-state index contributed by atoms with van der Waals surface area (Å²) < 4.78 is 31.8. The Labute approximate surface area is 150 Å². The van der Waals surface area contributed by atoms with Gasteiger partial charge in [-0.2, -0.15) is 4.31 Å². The third kappa shape index (κ3) is 5.52. The van der Waals surface area contributed by atoms with E-state index in [1.807, 2.05) is 7.05 Å². The van der Waals surface area contributed by atoms with Crippen molar-refractivity contribution < 1.29 is 17.9 Å². The lowest BCUT2D eigenvalue weighted by molar-refractivity contribution is -0.130. The molecule has 1 aliphatic rings. The maximum atomic E-state index is 12.6. The first-order chi connectivity index (χ1) is 11.8. The summed E-state index contributed by atoms with van der Waals surface area (Å²) in [6.07, 6.45) is 1.04. The number of morpholine rings is 1. The summed E-state index contributed by atoms with van der Waals surface area (Å²) >= 11 is 0. The summed E-state index contributed by atoms with van der Waals surface area (Å²) in [6, 6.07) is 6.84. The van der Waals surface area contributed by atoms with Gasteiger partial charge >= 0.3 is 0 Å². The Bertz CT molecular complexity index is 665. The number of carbonyl (C=O) groups excluding carboxylic acids is 1. The second-order valence-corrected chi connectivity index (χ2v) is 8.77. The van der Waals surface area contributed by atoms with E-state index >= 15 is 0 Å². The van der Waals surface area contributed by atoms with Crippen LogP contribution in [0.15, 0.2) is 29.2 Å². The van der Waals surface area contributed by atoms with Gasteiger partial charge in [-0.05, 0) is 30.0 Å². The Balaban J connectivity index is 1.94. The summed E-state index contributed by atoms with van der Waals surface area (Å²) in [5.41, 5.74) is 0.965. The number of hydrogen-bond acceptors (Lipinski definition) is 4. The van der Waals surface area contributed by atoms with Gasteiger partial charge in [0.1, 0.15) is 0 Å². The van der Waals surface area contributed by atoms with Crippen LogP contribution in [0.5, 0.6) is 0 Å². The van der Waals surface area contributed by atoms with Crippen molar-refractivity contribution in [3.8, 4) is 0 Å². The zero-order valence-electron chi connectivity index (χ0n) is 15.3. The number of rotatable bonds is 7. The molecule has 140 valence electrons. The van der Waals surface area contributed by atoms with Gasteiger partial charge < -0.3 is 9.64 Å². The second kappa shape index (κ2) is 8.78. The number of ether oxygens (including phenoxy) is 1.